The van der Waals surface area contributed by atoms with Crippen LogP contribution in [-0.2, 0) is 9.59 Å². The number of rotatable bonds is 4. The van der Waals surface area contributed by atoms with Crippen molar-refractivity contribution in [3.05, 3.63) is 81.9 Å². The molecule has 2 aromatic rings. The lowest BCUT2D eigenvalue weighted by Crippen LogP contribution is -2.36. The predicted molar refractivity (Wildman–Crippen MR) is 119 cm³/mol. The second kappa shape index (κ2) is 10.3. The number of benzene rings is 2. The van der Waals surface area contributed by atoms with Crippen LogP contribution < -0.4 is 0 Å². The zero-order valence-corrected chi connectivity index (χ0v) is 17.4. The van der Waals surface area contributed by atoms with Crippen molar-refractivity contribution in [1.82, 2.24) is 9.80 Å². The van der Waals surface area contributed by atoms with Gasteiger partial charge >= 0.3 is 0 Å². The Morgan fingerprint density at radius 2 is 1.10 bits per heavy atom. The summed E-state index contributed by atoms with van der Waals surface area (Å²) in [7, 11) is 0. The van der Waals surface area contributed by atoms with Crippen LogP contribution in [0, 0.1) is 0 Å². The molecular weight excluding hydrogens is 407 g/mol. The Morgan fingerprint density at radius 3 is 1.52 bits per heavy atom. The summed E-state index contributed by atoms with van der Waals surface area (Å²) in [4.78, 5) is 28.6. The summed E-state index contributed by atoms with van der Waals surface area (Å²) in [6.45, 7) is 2.22. The maximum absolute atomic E-state index is 12.5. The number of nitrogens with zero attached hydrogens (tertiary/aromatic N) is 2. The number of hydrogen-bond acceptors (Lipinski definition) is 2. The lowest BCUT2D eigenvalue weighted by Gasteiger charge is -2.20. The number of hydrogen-bond donors (Lipinski definition) is 0. The molecule has 1 heterocycles. The highest BCUT2D eigenvalue weighted by molar-refractivity contribution is 6.32. The molecule has 2 amide bonds. The average Bonchev–Trinajstić information content (AvgIpc) is 2.98. The van der Waals surface area contributed by atoms with Gasteiger partial charge in [-0.25, -0.2) is 0 Å². The fourth-order valence-corrected chi connectivity index (χ4v) is 3.51. The van der Waals surface area contributed by atoms with Crippen molar-refractivity contribution in [3.63, 3.8) is 0 Å². The van der Waals surface area contributed by atoms with E-state index in [9.17, 15) is 9.59 Å². The van der Waals surface area contributed by atoms with Crippen molar-refractivity contribution < 1.29 is 9.59 Å². The van der Waals surface area contributed by atoms with Crippen molar-refractivity contribution in [2.45, 2.75) is 6.42 Å². The van der Waals surface area contributed by atoms with E-state index < -0.39 is 0 Å². The molecule has 3 rings (SSSR count). The molecule has 0 aliphatic carbocycles. The van der Waals surface area contributed by atoms with Gasteiger partial charge in [-0.3, -0.25) is 9.59 Å². The van der Waals surface area contributed by atoms with Gasteiger partial charge in [0.1, 0.15) is 0 Å². The molecule has 0 atom stereocenters. The van der Waals surface area contributed by atoms with Crippen LogP contribution in [0.4, 0.5) is 0 Å². The number of carbonyl (C=O) groups is 2. The van der Waals surface area contributed by atoms with Gasteiger partial charge in [0.05, 0.1) is 0 Å². The van der Waals surface area contributed by atoms with Crippen LogP contribution in [0.1, 0.15) is 17.5 Å². The normalized spacial score (nSPS) is 15.1. The van der Waals surface area contributed by atoms with Gasteiger partial charge in [-0.1, -0.05) is 59.6 Å². The minimum atomic E-state index is -0.0779. The minimum absolute atomic E-state index is 0.0779. The van der Waals surface area contributed by atoms with Gasteiger partial charge in [0.2, 0.25) is 11.8 Å². The molecule has 6 heteroatoms. The monoisotopic (exact) mass is 428 g/mol. The first kappa shape index (κ1) is 21.2. The second-order valence-electron chi connectivity index (χ2n) is 6.71. The standard InChI is InChI=1S/C23H22Cl2N2O2/c24-20-8-3-1-6-18(20)10-12-22(28)26-14-5-15-27(17-16-26)23(29)13-11-19-7-2-4-9-21(19)25/h1-4,6-13H,5,14-17H2/b12-10-,13-11-. The summed E-state index contributed by atoms with van der Waals surface area (Å²) in [6.07, 6.45) is 7.26. The first-order valence-corrected chi connectivity index (χ1v) is 10.2. The van der Waals surface area contributed by atoms with Crippen LogP contribution in [0.2, 0.25) is 10.0 Å². The molecule has 1 aliphatic rings. The maximum Gasteiger partial charge on any atom is 0.246 e. The average molecular weight is 429 g/mol. The molecule has 4 nitrogen and oxygen atoms in total. The molecule has 0 aromatic heterocycles. The van der Waals surface area contributed by atoms with Crippen LogP contribution in [0.3, 0.4) is 0 Å². The van der Waals surface area contributed by atoms with E-state index in [2.05, 4.69) is 0 Å². The quantitative estimate of drug-likeness (QED) is 0.657. The van der Waals surface area contributed by atoms with Crippen LogP contribution in [0.15, 0.2) is 60.7 Å². The molecule has 0 radical (unpaired) electrons. The highest BCUT2D eigenvalue weighted by atomic mass is 35.5. The van der Waals surface area contributed by atoms with Crippen LogP contribution >= 0.6 is 23.2 Å². The molecule has 150 valence electrons. The van der Waals surface area contributed by atoms with Gasteiger partial charge in [0, 0.05) is 48.4 Å². The zero-order valence-electron chi connectivity index (χ0n) is 15.9. The first-order valence-electron chi connectivity index (χ1n) is 9.47. The number of amides is 2. The van der Waals surface area contributed by atoms with E-state index in [0.29, 0.717) is 36.2 Å². The maximum atomic E-state index is 12.5. The number of carbonyl (C=O) groups excluding carboxylic acids is 2. The van der Waals surface area contributed by atoms with Gasteiger partial charge in [-0.05, 0) is 41.8 Å². The molecule has 2 aromatic carbocycles. The summed E-state index contributed by atoms with van der Waals surface area (Å²) < 4.78 is 0. The molecule has 0 bridgehead atoms. The van der Waals surface area contributed by atoms with Gasteiger partial charge in [0.15, 0.2) is 0 Å². The molecule has 1 saturated heterocycles. The van der Waals surface area contributed by atoms with Crippen molar-refractivity contribution in [1.29, 1.82) is 0 Å². The number of halogens is 2. The Balaban J connectivity index is 1.57. The summed E-state index contributed by atoms with van der Waals surface area (Å²) in [6, 6.07) is 14.8. The second-order valence-corrected chi connectivity index (χ2v) is 7.53. The summed E-state index contributed by atoms with van der Waals surface area (Å²) in [5, 5.41) is 1.21. The van der Waals surface area contributed by atoms with Crippen LogP contribution in [0.25, 0.3) is 12.2 Å². The Kier molecular flexibility index (Phi) is 7.50. The van der Waals surface area contributed by atoms with Crippen molar-refractivity contribution in [2.75, 3.05) is 26.2 Å². The van der Waals surface area contributed by atoms with Crippen LogP contribution in [-0.4, -0.2) is 47.8 Å². The van der Waals surface area contributed by atoms with Crippen molar-refractivity contribution in [3.8, 4) is 0 Å². The molecule has 0 unspecified atom stereocenters. The fourth-order valence-electron chi connectivity index (χ4n) is 3.11. The third-order valence-corrected chi connectivity index (χ3v) is 5.43. The summed E-state index contributed by atoms with van der Waals surface area (Å²) in [5.74, 6) is -0.156. The van der Waals surface area contributed by atoms with E-state index in [0.717, 1.165) is 17.5 Å². The molecule has 29 heavy (non-hydrogen) atoms. The Morgan fingerprint density at radius 1 is 0.690 bits per heavy atom. The van der Waals surface area contributed by atoms with E-state index in [-0.39, 0.29) is 11.8 Å². The fraction of sp³-hybridized carbons (Fsp3) is 0.217. The highest BCUT2D eigenvalue weighted by Gasteiger charge is 2.19. The smallest absolute Gasteiger partial charge is 0.246 e. The van der Waals surface area contributed by atoms with E-state index in [4.69, 9.17) is 23.2 Å². The minimum Gasteiger partial charge on any atom is -0.337 e. The molecule has 1 aliphatic heterocycles. The van der Waals surface area contributed by atoms with Gasteiger partial charge in [-0.15, -0.1) is 0 Å². The molecule has 0 spiro atoms. The third-order valence-electron chi connectivity index (χ3n) is 4.74. The van der Waals surface area contributed by atoms with Crippen molar-refractivity contribution >= 4 is 47.2 Å². The largest absolute Gasteiger partial charge is 0.337 e. The third kappa shape index (κ3) is 5.96. The summed E-state index contributed by atoms with van der Waals surface area (Å²) >= 11 is 12.2. The summed E-state index contributed by atoms with van der Waals surface area (Å²) in [5.41, 5.74) is 1.61. The van der Waals surface area contributed by atoms with Gasteiger partial charge in [-0.2, -0.15) is 0 Å². The topological polar surface area (TPSA) is 40.6 Å². The Bertz CT molecular complexity index is 864. The molecular formula is C23H22Cl2N2O2. The zero-order chi connectivity index (χ0) is 20.6. The van der Waals surface area contributed by atoms with Crippen molar-refractivity contribution in [2.24, 2.45) is 0 Å². The Hall–Kier alpha value is -2.56. The highest BCUT2D eigenvalue weighted by Crippen LogP contribution is 2.18. The first-order chi connectivity index (χ1) is 14.0. The van der Waals surface area contributed by atoms with Crippen LogP contribution in [0.5, 0.6) is 0 Å². The molecule has 1 fully saturated rings. The molecule has 0 N–H and O–H groups in total. The van der Waals surface area contributed by atoms with E-state index >= 15 is 0 Å². The van der Waals surface area contributed by atoms with Gasteiger partial charge in [0.25, 0.3) is 0 Å². The Labute approximate surface area is 181 Å². The molecule has 0 saturated carbocycles. The van der Waals surface area contributed by atoms with E-state index in [1.807, 2.05) is 36.4 Å². The van der Waals surface area contributed by atoms with E-state index in [1.54, 1.807) is 34.1 Å². The SMILES string of the molecule is O=C(/C=C\c1ccccc1Cl)N1CCCN(C(=O)/C=C\c2ccccc2Cl)CC1. The van der Waals surface area contributed by atoms with E-state index in [1.165, 1.54) is 12.2 Å². The lowest BCUT2D eigenvalue weighted by atomic mass is 10.2. The lowest BCUT2D eigenvalue weighted by molar-refractivity contribution is -0.128. The predicted octanol–water partition coefficient (Wildman–Crippen LogP) is 4.78. The van der Waals surface area contributed by atoms with Gasteiger partial charge < -0.3 is 9.80 Å².